The maximum Gasteiger partial charge on any atom is 0.0661 e. The van der Waals surface area contributed by atoms with Crippen LogP contribution < -0.4 is 5.73 Å². The Balaban J connectivity index is 2.78. The number of ether oxygens (including phenoxy) is 1. The van der Waals surface area contributed by atoms with Crippen LogP contribution in [0.25, 0.3) is 0 Å². The molecule has 1 aliphatic heterocycles. The summed E-state index contributed by atoms with van der Waals surface area (Å²) >= 11 is 2.01. The highest BCUT2D eigenvalue weighted by Crippen LogP contribution is 2.30. The normalized spacial score (nSPS) is 26.0. The minimum absolute atomic E-state index is 0.0159. The molecule has 0 aromatic rings. The zero-order valence-corrected chi connectivity index (χ0v) is 13.3. The average Bonchev–Trinajstić information content (AvgIpc) is 2.61. The second kappa shape index (κ2) is 7.73. The molecule has 0 bridgehead atoms. The van der Waals surface area contributed by atoms with Gasteiger partial charge in [-0.3, -0.25) is 4.90 Å². The fourth-order valence-electron chi connectivity index (χ4n) is 3.04. The first kappa shape index (κ1) is 16.3. The fraction of sp³-hybridized carbons (Fsp3) is 1.00. The van der Waals surface area contributed by atoms with Gasteiger partial charge in [0.05, 0.1) is 12.1 Å². The van der Waals surface area contributed by atoms with Gasteiger partial charge >= 0.3 is 0 Å². The summed E-state index contributed by atoms with van der Waals surface area (Å²) in [5.41, 5.74) is 6.13. The molecule has 2 unspecified atom stereocenters. The Morgan fingerprint density at radius 1 is 1.39 bits per heavy atom. The van der Waals surface area contributed by atoms with E-state index >= 15 is 0 Å². The zero-order chi connectivity index (χ0) is 13.6. The third-order valence-electron chi connectivity index (χ3n) is 4.46. The van der Waals surface area contributed by atoms with Crippen LogP contribution in [0.15, 0.2) is 0 Å². The molecule has 0 amide bonds. The molecule has 2 atom stereocenters. The molecular formula is C14H30N2OS. The van der Waals surface area contributed by atoms with E-state index in [9.17, 15) is 0 Å². The fourth-order valence-corrected chi connectivity index (χ4v) is 3.79. The highest BCUT2D eigenvalue weighted by atomic mass is 32.2. The third-order valence-corrected chi connectivity index (χ3v) is 5.60. The molecule has 1 heterocycles. The van der Waals surface area contributed by atoms with Gasteiger partial charge in [0.1, 0.15) is 0 Å². The first-order chi connectivity index (χ1) is 8.60. The van der Waals surface area contributed by atoms with Crippen molar-refractivity contribution in [3.05, 3.63) is 0 Å². The van der Waals surface area contributed by atoms with Gasteiger partial charge in [-0.05, 0) is 44.5 Å². The summed E-state index contributed by atoms with van der Waals surface area (Å²) in [6, 6.07) is 0. The summed E-state index contributed by atoms with van der Waals surface area (Å²) in [6.07, 6.45) is 6.13. The molecule has 1 aliphatic rings. The van der Waals surface area contributed by atoms with Crippen molar-refractivity contribution in [1.29, 1.82) is 0 Å². The predicted molar refractivity (Wildman–Crippen MR) is 81.2 cm³/mol. The molecule has 3 nitrogen and oxygen atoms in total. The summed E-state index contributed by atoms with van der Waals surface area (Å²) in [4.78, 5) is 2.59. The van der Waals surface area contributed by atoms with Crippen molar-refractivity contribution in [2.24, 2.45) is 11.7 Å². The summed E-state index contributed by atoms with van der Waals surface area (Å²) in [5, 5.41) is 0.820. The minimum atomic E-state index is 0.0159. The molecule has 2 N–H and O–H groups in total. The lowest BCUT2D eigenvalue weighted by Gasteiger charge is -2.45. The number of likely N-dealkylation sites (tertiary alicyclic amines) is 1. The monoisotopic (exact) mass is 274 g/mol. The Morgan fingerprint density at radius 2 is 2.11 bits per heavy atom. The molecule has 0 aromatic carbocycles. The zero-order valence-electron chi connectivity index (χ0n) is 12.4. The van der Waals surface area contributed by atoms with Crippen LogP contribution >= 0.6 is 11.8 Å². The third kappa shape index (κ3) is 3.62. The Bertz CT molecular complexity index is 238. The van der Waals surface area contributed by atoms with E-state index < -0.39 is 0 Å². The lowest BCUT2D eigenvalue weighted by atomic mass is 9.85. The molecule has 0 aromatic heterocycles. The van der Waals surface area contributed by atoms with Crippen LogP contribution in [0, 0.1) is 5.92 Å². The van der Waals surface area contributed by atoms with Gasteiger partial charge in [0.25, 0.3) is 0 Å². The van der Waals surface area contributed by atoms with E-state index in [1.807, 2.05) is 11.8 Å². The van der Waals surface area contributed by atoms with Gasteiger partial charge in [0.2, 0.25) is 0 Å². The van der Waals surface area contributed by atoms with Gasteiger partial charge < -0.3 is 10.5 Å². The van der Waals surface area contributed by atoms with E-state index in [0.717, 1.165) is 24.9 Å². The predicted octanol–water partition coefficient (Wildman–Crippen LogP) is 2.20. The molecule has 4 heteroatoms. The summed E-state index contributed by atoms with van der Waals surface area (Å²) in [6.45, 7) is 8.28. The van der Waals surface area contributed by atoms with Crippen LogP contribution in [0.4, 0.5) is 0 Å². The van der Waals surface area contributed by atoms with Crippen molar-refractivity contribution < 1.29 is 4.74 Å². The van der Waals surface area contributed by atoms with Crippen LogP contribution in [0.1, 0.15) is 33.1 Å². The van der Waals surface area contributed by atoms with Gasteiger partial charge in [0.15, 0.2) is 0 Å². The van der Waals surface area contributed by atoms with Gasteiger partial charge in [-0.25, -0.2) is 0 Å². The van der Waals surface area contributed by atoms with Crippen molar-refractivity contribution in [1.82, 2.24) is 4.90 Å². The lowest BCUT2D eigenvalue weighted by molar-refractivity contribution is -0.0144. The number of hydrogen-bond donors (Lipinski definition) is 1. The van der Waals surface area contributed by atoms with E-state index in [1.165, 1.54) is 19.3 Å². The van der Waals surface area contributed by atoms with Gasteiger partial charge in [0, 0.05) is 18.9 Å². The van der Waals surface area contributed by atoms with Crippen LogP contribution in [0.5, 0.6) is 0 Å². The van der Waals surface area contributed by atoms with Crippen LogP contribution in [-0.2, 0) is 4.74 Å². The molecule has 0 spiro atoms. The minimum Gasteiger partial charge on any atom is -0.383 e. The second-order valence-corrected chi connectivity index (χ2v) is 6.81. The molecule has 18 heavy (non-hydrogen) atoms. The first-order valence-electron chi connectivity index (χ1n) is 7.07. The van der Waals surface area contributed by atoms with E-state index in [0.29, 0.717) is 12.5 Å². The van der Waals surface area contributed by atoms with Crippen molar-refractivity contribution in [2.45, 2.75) is 43.9 Å². The number of rotatable bonds is 6. The van der Waals surface area contributed by atoms with Crippen LogP contribution in [-0.4, -0.2) is 55.3 Å². The highest BCUT2D eigenvalue weighted by molar-refractivity contribution is 7.99. The molecule has 0 radical (unpaired) electrons. The number of thioether (sulfide) groups is 1. The largest absolute Gasteiger partial charge is 0.383 e. The molecule has 0 saturated carbocycles. The summed E-state index contributed by atoms with van der Waals surface area (Å²) in [5.74, 6) is 0.522. The van der Waals surface area contributed by atoms with Crippen molar-refractivity contribution >= 4 is 11.8 Å². The maximum atomic E-state index is 6.12. The van der Waals surface area contributed by atoms with Crippen LogP contribution in [0.3, 0.4) is 0 Å². The standard InChI is InChI=1S/C14H30N2OS/c1-12(2)14(10-15,11-17-3)16-8-5-6-13(18-4)7-9-16/h12-13H,5-11,15H2,1-4H3. The number of nitrogens with zero attached hydrogens (tertiary/aromatic N) is 1. The number of hydrogen-bond acceptors (Lipinski definition) is 4. The average molecular weight is 274 g/mol. The summed E-state index contributed by atoms with van der Waals surface area (Å²) in [7, 11) is 1.79. The van der Waals surface area contributed by atoms with E-state index in [4.69, 9.17) is 10.5 Å². The van der Waals surface area contributed by atoms with Crippen molar-refractivity contribution in [3.8, 4) is 0 Å². The Hall–Kier alpha value is 0.230. The Morgan fingerprint density at radius 3 is 2.61 bits per heavy atom. The second-order valence-electron chi connectivity index (χ2n) is 5.67. The van der Waals surface area contributed by atoms with Gasteiger partial charge in [-0.2, -0.15) is 11.8 Å². The first-order valence-corrected chi connectivity index (χ1v) is 8.36. The molecule has 108 valence electrons. The van der Waals surface area contributed by atoms with Crippen LogP contribution in [0.2, 0.25) is 0 Å². The summed E-state index contributed by atoms with van der Waals surface area (Å²) < 4.78 is 5.48. The molecular weight excluding hydrogens is 244 g/mol. The van der Waals surface area contributed by atoms with Gasteiger partial charge in [-0.15, -0.1) is 0 Å². The number of methoxy groups -OCH3 is 1. The van der Waals surface area contributed by atoms with E-state index in [-0.39, 0.29) is 5.54 Å². The lowest BCUT2D eigenvalue weighted by Crippen LogP contribution is -2.60. The van der Waals surface area contributed by atoms with Crippen molar-refractivity contribution in [3.63, 3.8) is 0 Å². The topological polar surface area (TPSA) is 38.5 Å². The van der Waals surface area contributed by atoms with Crippen molar-refractivity contribution in [2.75, 3.05) is 39.6 Å². The number of nitrogens with two attached hydrogens (primary N) is 1. The molecule has 0 aliphatic carbocycles. The molecule has 1 rings (SSSR count). The Kier molecular flexibility index (Phi) is 6.99. The molecule has 1 saturated heterocycles. The molecule has 1 fully saturated rings. The van der Waals surface area contributed by atoms with E-state index in [2.05, 4.69) is 25.0 Å². The van der Waals surface area contributed by atoms with Gasteiger partial charge in [-0.1, -0.05) is 13.8 Å². The Labute approximate surface area is 117 Å². The quantitative estimate of drug-likeness (QED) is 0.806. The highest BCUT2D eigenvalue weighted by Gasteiger charge is 2.39. The van der Waals surface area contributed by atoms with E-state index in [1.54, 1.807) is 7.11 Å². The maximum absolute atomic E-state index is 6.12. The smallest absolute Gasteiger partial charge is 0.0661 e. The SMILES string of the molecule is COCC(CN)(C(C)C)N1CCCC(SC)CC1.